The van der Waals surface area contributed by atoms with Crippen molar-refractivity contribution in [1.29, 1.82) is 0 Å². The summed E-state index contributed by atoms with van der Waals surface area (Å²) >= 11 is 7.03. The van der Waals surface area contributed by atoms with Crippen LogP contribution in [0.25, 0.3) is 0 Å². The number of thiocarbonyl (C=S) groups is 1. The predicted octanol–water partition coefficient (Wildman–Crippen LogP) is 2.84. The van der Waals surface area contributed by atoms with Crippen molar-refractivity contribution in [3.05, 3.63) is 30.1 Å². The lowest BCUT2D eigenvalue weighted by molar-refractivity contribution is -0.121. The number of nitrogens with one attached hydrogen (secondary N) is 1. The molecule has 4 nitrogen and oxygen atoms in total. The van der Waals surface area contributed by atoms with Crippen molar-refractivity contribution in [3.63, 3.8) is 0 Å². The number of hydrogen-bond donors (Lipinski definition) is 1. The van der Waals surface area contributed by atoms with Gasteiger partial charge in [-0.25, -0.2) is 0 Å². The quantitative estimate of drug-likeness (QED) is 0.837. The molecule has 1 N–H and O–H groups in total. The highest BCUT2D eigenvalue weighted by Gasteiger charge is 2.27. The SMILES string of the molecule is CC(C)[C@@H](SC(=S)N1CCCC1)C(=O)NCc1cccnc1. The minimum Gasteiger partial charge on any atom is -0.358 e. The summed E-state index contributed by atoms with van der Waals surface area (Å²) in [4.78, 5) is 18.7. The zero-order valence-corrected chi connectivity index (χ0v) is 14.8. The second kappa shape index (κ2) is 8.48. The van der Waals surface area contributed by atoms with Gasteiger partial charge in [0, 0.05) is 32.0 Å². The van der Waals surface area contributed by atoms with Crippen LogP contribution in [0.15, 0.2) is 24.5 Å². The highest BCUT2D eigenvalue weighted by Crippen LogP contribution is 2.25. The van der Waals surface area contributed by atoms with Gasteiger partial charge in [0.25, 0.3) is 0 Å². The molecule has 120 valence electrons. The average molecular weight is 338 g/mol. The van der Waals surface area contributed by atoms with Gasteiger partial charge in [-0.1, -0.05) is 43.9 Å². The van der Waals surface area contributed by atoms with Crippen LogP contribution in [0.1, 0.15) is 32.3 Å². The molecule has 22 heavy (non-hydrogen) atoms. The van der Waals surface area contributed by atoms with E-state index in [-0.39, 0.29) is 17.1 Å². The predicted molar refractivity (Wildman–Crippen MR) is 95.7 cm³/mol. The highest BCUT2D eigenvalue weighted by atomic mass is 32.2. The van der Waals surface area contributed by atoms with Gasteiger partial charge in [-0.05, 0) is 30.4 Å². The summed E-state index contributed by atoms with van der Waals surface area (Å²) in [5.41, 5.74) is 1.01. The first-order valence-corrected chi connectivity index (χ1v) is 8.99. The summed E-state index contributed by atoms with van der Waals surface area (Å²) in [6.45, 7) is 6.68. The number of aromatic nitrogens is 1. The van der Waals surface area contributed by atoms with E-state index in [0.29, 0.717) is 6.54 Å². The molecule has 0 bridgehead atoms. The molecule has 0 saturated carbocycles. The van der Waals surface area contributed by atoms with Crippen LogP contribution in [-0.4, -0.2) is 38.5 Å². The summed E-state index contributed by atoms with van der Waals surface area (Å²) in [7, 11) is 0. The molecular formula is C16H23N3OS2. The Morgan fingerprint density at radius 3 is 2.77 bits per heavy atom. The topological polar surface area (TPSA) is 45.2 Å². The molecule has 0 radical (unpaired) electrons. The molecular weight excluding hydrogens is 314 g/mol. The molecule has 0 aromatic carbocycles. The van der Waals surface area contributed by atoms with Gasteiger partial charge in [0.15, 0.2) is 0 Å². The maximum atomic E-state index is 12.5. The molecule has 2 rings (SSSR count). The van der Waals surface area contributed by atoms with E-state index in [1.165, 1.54) is 24.6 Å². The number of carbonyl (C=O) groups excluding carboxylic acids is 1. The van der Waals surface area contributed by atoms with Gasteiger partial charge in [-0.3, -0.25) is 9.78 Å². The maximum absolute atomic E-state index is 12.5. The second-order valence-electron chi connectivity index (χ2n) is 5.82. The van der Waals surface area contributed by atoms with Crippen LogP contribution in [0.4, 0.5) is 0 Å². The van der Waals surface area contributed by atoms with E-state index in [1.807, 2.05) is 12.1 Å². The van der Waals surface area contributed by atoms with Crippen molar-refractivity contribution in [2.24, 2.45) is 5.92 Å². The zero-order chi connectivity index (χ0) is 15.9. The van der Waals surface area contributed by atoms with E-state index >= 15 is 0 Å². The fourth-order valence-corrected chi connectivity index (χ4v) is 3.87. The second-order valence-corrected chi connectivity index (χ2v) is 7.60. The molecule has 6 heteroatoms. The minimum atomic E-state index is -0.148. The van der Waals surface area contributed by atoms with Crippen molar-refractivity contribution in [2.45, 2.75) is 38.5 Å². The third kappa shape index (κ3) is 4.95. The average Bonchev–Trinajstić information content (AvgIpc) is 3.05. The van der Waals surface area contributed by atoms with Crippen molar-refractivity contribution in [1.82, 2.24) is 15.2 Å². The standard InChI is InChI=1S/C16H23N3OS2/c1-12(2)14(22-16(21)19-8-3-4-9-19)15(20)18-11-13-6-5-7-17-10-13/h5-7,10,12,14H,3-4,8-9,11H2,1-2H3,(H,18,20)/t14-/m1/s1. The Balaban J connectivity index is 1.89. The fourth-order valence-electron chi connectivity index (χ4n) is 2.37. The van der Waals surface area contributed by atoms with E-state index in [0.717, 1.165) is 23.0 Å². The van der Waals surface area contributed by atoms with Crippen LogP contribution in [0, 0.1) is 5.92 Å². The lowest BCUT2D eigenvalue weighted by Gasteiger charge is -2.24. The Morgan fingerprint density at radius 1 is 1.45 bits per heavy atom. The third-order valence-corrected chi connectivity index (χ3v) is 5.66. The molecule has 1 aromatic heterocycles. The summed E-state index contributed by atoms with van der Waals surface area (Å²) < 4.78 is 0.854. The van der Waals surface area contributed by atoms with E-state index in [2.05, 4.69) is 29.0 Å². The Hall–Kier alpha value is -1.14. The first-order valence-electron chi connectivity index (χ1n) is 7.70. The number of hydrogen-bond acceptors (Lipinski definition) is 4. The van der Waals surface area contributed by atoms with Gasteiger partial charge in [0.05, 0.1) is 5.25 Å². The summed E-state index contributed by atoms with van der Waals surface area (Å²) in [5, 5.41) is 2.85. The van der Waals surface area contributed by atoms with E-state index in [1.54, 1.807) is 12.4 Å². The molecule has 2 heterocycles. The summed E-state index contributed by atoms with van der Waals surface area (Å²) in [5.74, 6) is 0.282. The van der Waals surface area contributed by atoms with Crippen LogP contribution >= 0.6 is 24.0 Å². The molecule has 1 aliphatic heterocycles. The molecule has 0 aliphatic carbocycles. The van der Waals surface area contributed by atoms with Crippen LogP contribution in [0.5, 0.6) is 0 Å². The maximum Gasteiger partial charge on any atom is 0.234 e. The van der Waals surface area contributed by atoms with Gasteiger partial charge in [0.1, 0.15) is 4.32 Å². The van der Waals surface area contributed by atoms with Gasteiger partial charge in [0.2, 0.25) is 5.91 Å². The number of nitrogens with zero attached hydrogens (tertiary/aromatic N) is 2. The Labute approximate surface area is 142 Å². The van der Waals surface area contributed by atoms with Crippen molar-refractivity contribution < 1.29 is 4.79 Å². The van der Waals surface area contributed by atoms with Crippen molar-refractivity contribution in [3.8, 4) is 0 Å². The fraction of sp³-hybridized carbons (Fsp3) is 0.562. The van der Waals surface area contributed by atoms with Crippen LogP contribution in [-0.2, 0) is 11.3 Å². The van der Waals surface area contributed by atoms with E-state index in [9.17, 15) is 4.79 Å². The number of carbonyl (C=O) groups is 1. The molecule has 0 spiro atoms. The summed E-state index contributed by atoms with van der Waals surface area (Å²) in [6.07, 6.45) is 5.89. The largest absolute Gasteiger partial charge is 0.358 e. The van der Waals surface area contributed by atoms with Crippen molar-refractivity contribution in [2.75, 3.05) is 13.1 Å². The van der Waals surface area contributed by atoms with Gasteiger partial charge >= 0.3 is 0 Å². The Kier molecular flexibility index (Phi) is 6.64. The van der Waals surface area contributed by atoms with E-state index < -0.39 is 0 Å². The number of pyridine rings is 1. The Bertz CT molecular complexity index is 501. The zero-order valence-electron chi connectivity index (χ0n) is 13.1. The van der Waals surface area contributed by atoms with Gasteiger partial charge < -0.3 is 10.2 Å². The molecule has 1 saturated heterocycles. The lowest BCUT2D eigenvalue weighted by atomic mass is 10.1. The molecule has 0 unspecified atom stereocenters. The highest BCUT2D eigenvalue weighted by molar-refractivity contribution is 8.23. The smallest absolute Gasteiger partial charge is 0.234 e. The third-order valence-electron chi connectivity index (χ3n) is 3.65. The lowest BCUT2D eigenvalue weighted by Crippen LogP contribution is -2.38. The Morgan fingerprint density at radius 2 is 2.18 bits per heavy atom. The number of thioether (sulfide) groups is 1. The number of rotatable bonds is 5. The molecule has 1 aliphatic rings. The van der Waals surface area contributed by atoms with Crippen LogP contribution in [0.3, 0.4) is 0 Å². The monoisotopic (exact) mass is 337 g/mol. The van der Waals surface area contributed by atoms with Gasteiger partial charge in [-0.2, -0.15) is 0 Å². The minimum absolute atomic E-state index is 0.0467. The molecule has 1 atom stereocenters. The van der Waals surface area contributed by atoms with E-state index in [4.69, 9.17) is 12.2 Å². The molecule has 1 aromatic rings. The normalized spacial score (nSPS) is 15.9. The first-order chi connectivity index (χ1) is 10.6. The van der Waals surface area contributed by atoms with Crippen molar-refractivity contribution >= 4 is 34.2 Å². The molecule has 1 fully saturated rings. The van der Waals surface area contributed by atoms with Crippen LogP contribution in [0.2, 0.25) is 0 Å². The van der Waals surface area contributed by atoms with Crippen LogP contribution < -0.4 is 5.32 Å². The first kappa shape index (κ1) is 17.2. The summed E-state index contributed by atoms with van der Waals surface area (Å²) in [6, 6.07) is 3.83. The molecule has 1 amide bonds. The number of amides is 1. The van der Waals surface area contributed by atoms with Gasteiger partial charge in [-0.15, -0.1) is 0 Å². The number of likely N-dealkylation sites (tertiary alicyclic amines) is 1.